The predicted octanol–water partition coefficient (Wildman–Crippen LogP) is 3.13. The fourth-order valence-electron chi connectivity index (χ4n) is 2.50. The van der Waals surface area contributed by atoms with Gasteiger partial charge >= 0.3 is 0 Å². The van der Waals surface area contributed by atoms with Crippen LogP contribution < -0.4 is 4.80 Å². The van der Waals surface area contributed by atoms with Gasteiger partial charge in [-0.25, -0.2) is 8.42 Å². The SMILES string of the molecule is CCS(=O)(=O)c1ccccc1C(=O)N=c1sccn1Cc1ccccc1. The first-order valence-electron chi connectivity index (χ1n) is 8.10. The molecule has 1 aromatic heterocycles. The van der Waals surface area contributed by atoms with Crippen LogP contribution in [0, 0.1) is 0 Å². The van der Waals surface area contributed by atoms with Gasteiger partial charge in [-0.05, 0) is 17.7 Å². The van der Waals surface area contributed by atoms with Crippen molar-refractivity contribution < 1.29 is 13.2 Å². The maximum atomic E-state index is 12.7. The van der Waals surface area contributed by atoms with Crippen LogP contribution in [0.2, 0.25) is 0 Å². The van der Waals surface area contributed by atoms with Crippen molar-refractivity contribution in [1.29, 1.82) is 0 Å². The van der Waals surface area contributed by atoms with Gasteiger partial charge in [0.15, 0.2) is 14.6 Å². The Labute approximate surface area is 156 Å². The van der Waals surface area contributed by atoms with E-state index in [1.807, 2.05) is 46.5 Å². The molecule has 0 radical (unpaired) electrons. The highest BCUT2D eigenvalue weighted by Crippen LogP contribution is 2.18. The van der Waals surface area contributed by atoms with Crippen molar-refractivity contribution >= 4 is 27.1 Å². The van der Waals surface area contributed by atoms with Gasteiger partial charge in [0.05, 0.1) is 16.2 Å². The molecular weight excluding hydrogens is 368 g/mol. The summed E-state index contributed by atoms with van der Waals surface area (Å²) in [7, 11) is -3.50. The highest BCUT2D eigenvalue weighted by Gasteiger charge is 2.20. The molecule has 0 N–H and O–H groups in total. The van der Waals surface area contributed by atoms with Gasteiger partial charge in [0.2, 0.25) is 0 Å². The molecule has 0 bridgehead atoms. The molecule has 0 aliphatic carbocycles. The van der Waals surface area contributed by atoms with E-state index in [-0.39, 0.29) is 16.2 Å². The molecule has 0 aliphatic heterocycles. The fourth-order valence-corrected chi connectivity index (χ4v) is 4.32. The molecule has 7 heteroatoms. The Balaban J connectivity index is 1.98. The standard InChI is InChI=1S/C19H18N2O3S2/c1-2-26(23,24)17-11-7-6-10-16(17)18(22)20-19-21(12-13-25-19)14-15-8-4-3-5-9-15/h3-13H,2,14H2,1H3. The molecule has 0 aliphatic rings. The Bertz CT molecular complexity index is 1080. The first-order valence-corrected chi connectivity index (χ1v) is 10.6. The topological polar surface area (TPSA) is 68.5 Å². The van der Waals surface area contributed by atoms with Crippen molar-refractivity contribution in [3.05, 3.63) is 82.1 Å². The van der Waals surface area contributed by atoms with Crippen LogP contribution in [0.25, 0.3) is 0 Å². The van der Waals surface area contributed by atoms with Crippen LogP contribution in [0.5, 0.6) is 0 Å². The number of nitrogens with zero attached hydrogens (tertiary/aromatic N) is 2. The summed E-state index contributed by atoms with van der Waals surface area (Å²) in [5.74, 6) is -0.619. The molecule has 134 valence electrons. The summed E-state index contributed by atoms with van der Waals surface area (Å²) in [6.45, 7) is 2.15. The highest BCUT2D eigenvalue weighted by molar-refractivity contribution is 7.91. The zero-order chi connectivity index (χ0) is 18.6. The van der Waals surface area contributed by atoms with E-state index in [2.05, 4.69) is 4.99 Å². The summed E-state index contributed by atoms with van der Waals surface area (Å²) >= 11 is 1.34. The second-order valence-electron chi connectivity index (χ2n) is 5.62. The third kappa shape index (κ3) is 4.00. The number of thiazole rings is 1. The Kier molecular flexibility index (Phi) is 5.49. The number of amides is 1. The Morgan fingerprint density at radius 2 is 1.77 bits per heavy atom. The lowest BCUT2D eigenvalue weighted by Gasteiger charge is -2.06. The minimum absolute atomic E-state index is 0.0300. The number of carbonyl (C=O) groups excluding carboxylic acids is 1. The van der Waals surface area contributed by atoms with Crippen molar-refractivity contribution in [2.24, 2.45) is 4.99 Å². The van der Waals surface area contributed by atoms with Gasteiger partial charge in [0.1, 0.15) is 0 Å². The summed E-state index contributed by atoms with van der Waals surface area (Å²) in [5.41, 5.74) is 1.20. The second-order valence-corrected chi connectivity index (χ2v) is 8.74. The molecule has 0 spiro atoms. The molecule has 1 amide bonds. The van der Waals surface area contributed by atoms with Crippen LogP contribution in [0.1, 0.15) is 22.8 Å². The fraction of sp³-hybridized carbons (Fsp3) is 0.158. The van der Waals surface area contributed by atoms with E-state index in [9.17, 15) is 13.2 Å². The maximum Gasteiger partial charge on any atom is 0.280 e. The number of carbonyl (C=O) groups is 1. The van der Waals surface area contributed by atoms with Crippen molar-refractivity contribution in [2.75, 3.05) is 5.75 Å². The molecule has 3 aromatic rings. The first kappa shape index (κ1) is 18.3. The molecule has 1 heterocycles. The van der Waals surface area contributed by atoms with Crippen molar-refractivity contribution in [1.82, 2.24) is 4.57 Å². The molecule has 2 aromatic carbocycles. The Morgan fingerprint density at radius 1 is 1.08 bits per heavy atom. The van der Waals surface area contributed by atoms with Gasteiger partial charge in [-0.15, -0.1) is 11.3 Å². The van der Waals surface area contributed by atoms with Gasteiger partial charge in [-0.1, -0.05) is 49.4 Å². The summed E-state index contributed by atoms with van der Waals surface area (Å²) in [5, 5.41) is 1.85. The van der Waals surface area contributed by atoms with Gasteiger partial charge < -0.3 is 4.57 Å². The number of aromatic nitrogens is 1. The number of rotatable bonds is 5. The summed E-state index contributed by atoms with van der Waals surface area (Å²) in [4.78, 5) is 17.4. The minimum Gasteiger partial charge on any atom is -0.319 e. The number of benzene rings is 2. The largest absolute Gasteiger partial charge is 0.319 e. The molecule has 0 unspecified atom stereocenters. The first-order chi connectivity index (χ1) is 12.5. The smallest absolute Gasteiger partial charge is 0.280 e. The minimum atomic E-state index is -3.50. The van der Waals surface area contributed by atoms with Crippen LogP contribution in [-0.4, -0.2) is 24.6 Å². The highest BCUT2D eigenvalue weighted by atomic mass is 32.2. The van der Waals surface area contributed by atoms with Crippen LogP contribution in [0.4, 0.5) is 0 Å². The van der Waals surface area contributed by atoms with Gasteiger partial charge in [0.25, 0.3) is 5.91 Å². The van der Waals surface area contributed by atoms with Crippen LogP contribution in [0.3, 0.4) is 0 Å². The average molecular weight is 386 g/mol. The van der Waals surface area contributed by atoms with Crippen LogP contribution >= 0.6 is 11.3 Å². The summed E-state index contributed by atoms with van der Waals surface area (Å²) < 4.78 is 26.4. The number of sulfone groups is 1. The number of hydrogen-bond donors (Lipinski definition) is 0. The molecular formula is C19H18N2O3S2. The zero-order valence-corrected chi connectivity index (χ0v) is 15.8. The third-order valence-electron chi connectivity index (χ3n) is 3.89. The van der Waals surface area contributed by atoms with E-state index in [0.717, 1.165) is 5.56 Å². The van der Waals surface area contributed by atoms with E-state index in [0.29, 0.717) is 11.3 Å². The van der Waals surface area contributed by atoms with Gasteiger partial charge in [-0.2, -0.15) is 4.99 Å². The molecule has 26 heavy (non-hydrogen) atoms. The van der Waals surface area contributed by atoms with E-state index in [4.69, 9.17) is 0 Å². The Morgan fingerprint density at radius 3 is 2.50 bits per heavy atom. The van der Waals surface area contributed by atoms with Crippen molar-refractivity contribution in [2.45, 2.75) is 18.4 Å². The number of hydrogen-bond acceptors (Lipinski definition) is 4. The third-order valence-corrected chi connectivity index (χ3v) is 6.47. The predicted molar refractivity (Wildman–Crippen MR) is 102 cm³/mol. The van der Waals surface area contributed by atoms with E-state index in [1.54, 1.807) is 19.1 Å². The molecule has 0 saturated carbocycles. The second kappa shape index (κ2) is 7.80. The maximum absolute atomic E-state index is 12.7. The lowest BCUT2D eigenvalue weighted by atomic mass is 10.2. The van der Waals surface area contributed by atoms with E-state index < -0.39 is 15.7 Å². The summed E-state index contributed by atoms with van der Waals surface area (Å²) in [6, 6.07) is 16.1. The lowest BCUT2D eigenvalue weighted by Crippen LogP contribution is -2.18. The molecule has 0 fully saturated rings. The molecule has 0 atom stereocenters. The summed E-state index contributed by atoms with van der Waals surface area (Å²) in [6.07, 6.45) is 1.86. The van der Waals surface area contributed by atoms with Crippen LogP contribution in [-0.2, 0) is 16.4 Å². The Hall–Kier alpha value is -2.51. The van der Waals surface area contributed by atoms with Crippen molar-refractivity contribution in [3.8, 4) is 0 Å². The van der Waals surface area contributed by atoms with Gasteiger partial charge in [-0.3, -0.25) is 4.79 Å². The van der Waals surface area contributed by atoms with E-state index >= 15 is 0 Å². The van der Waals surface area contributed by atoms with Gasteiger partial charge in [0, 0.05) is 18.1 Å². The van der Waals surface area contributed by atoms with Crippen LogP contribution in [0.15, 0.2) is 76.1 Å². The zero-order valence-electron chi connectivity index (χ0n) is 14.2. The normalized spacial score (nSPS) is 12.3. The monoisotopic (exact) mass is 386 g/mol. The van der Waals surface area contributed by atoms with Crippen molar-refractivity contribution in [3.63, 3.8) is 0 Å². The lowest BCUT2D eigenvalue weighted by molar-refractivity contribution is 0.0994. The molecule has 3 rings (SSSR count). The quantitative estimate of drug-likeness (QED) is 0.676. The molecule has 0 saturated heterocycles. The van der Waals surface area contributed by atoms with E-state index in [1.165, 1.54) is 23.5 Å². The molecule has 5 nitrogen and oxygen atoms in total. The average Bonchev–Trinajstić information content (AvgIpc) is 3.09.